The fourth-order valence-electron chi connectivity index (χ4n) is 1.89. The van der Waals surface area contributed by atoms with Gasteiger partial charge in [-0.05, 0) is 23.5 Å². The second kappa shape index (κ2) is 7.40. The molecule has 1 unspecified atom stereocenters. The van der Waals surface area contributed by atoms with E-state index >= 15 is 0 Å². The van der Waals surface area contributed by atoms with Crippen molar-refractivity contribution in [2.75, 3.05) is 0 Å². The van der Waals surface area contributed by atoms with Crippen LogP contribution in [0.4, 0.5) is 0 Å². The first-order valence-corrected chi connectivity index (χ1v) is 7.52. The van der Waals surface area contributed by atoms with Crippen molar-refractivity contribution in [3.8, 4) is 0 Å². The van der Waals surface area contributed by atoms with E-state index in [2.05, 4.69) is 15.5 Å². The summed E-state index contributed by atoms with van der Waals surface area (Å²) in [7, 11) is -1.53. The molecule has 120 valence electrons. The molecule has 1 aromatic carbocycles. The van der Waals surface area contributed by atoms with Gasteiger partial charge in [0.15, 0.2) is 5.17 Å². The molecule has 1 heterocycles. The van der Waals surface area contributed by atoms with Crippen molar-refractivity contribution in [2.24, 2.45) is 10.2 Å². The van der Waals surface area contributed by atoms with Crippen molar-refractivity contribution in [3.63, 3.8) is 0 Å². The number of thioether (sulfide) groups is 1. The van der Waals surface area contributed by atoms with Gasteiger partial charge in [0.25, 0.3) is 0 Å². The molecule has 0 radical (unpaired) electrons. The van der Waals surface area contributed by atoms with Gasteiger partial charge in [0.1, 0.15) is 5.25 Å². The van der Waals surface area contributed by atoms with Gasteiger partial charge in [-0.3, -0.25) is 9.59 Å². The lowest BCUT2D eigenvalue weighted by Crippen LogP contribution is -2.30. The first-order valence-electron chi connectivity index (χ1n) is 6.64. The van der Waals surface area contributed by atoms with Gasteiger partial charge >= 0.3 is 13.1 Å². The summed E-state index contributed by atoms with van der Waals surface area (Å²) < 4.78 is 0. The molecular formula is C13H14BN3O5S. The van der Waals surface area contributed by atoms with Crippen LogP contribution in [-0.2, 0) is 9.59 Å². The first-order chi connectivity index (χ1) is 10.9. The fourth-order valence-corrected chi connectivity index (χ4v) is 2.81. The van der Waals surface area contributed by atoms with Crippen molar-refractivity contribution in [1.82, 2.24) is 5.32 Å². The molecule has 10 heteroatoms. The standard InChI is InChI=1S/C13H14BN3O5S/c1-7-4-9(14(21)22)3-2-8(7)6-15-17-13-16-12(20)10(23-13)5-11(18)19/h2-4,6,10,21-22H,5H2,1H3,(H,18,19)(H,16,17,20). The number of carbonyl (C=O) groups excluding carboxylic acids is 1. The number of hydrogen-bond acceptors (Lipinski definition) is 7. The molecule has 0 spiro atoms. The summed E-state index contributed by atoms with van der Waals surface area (Å²) in [6.07, 6.45) is 1.19. The monoisotopic (exact) mass is 335 g/mol. The Morgan fingerprint density at radius 3 is 2.83 bits per heavy atom. The third kappa shape index (κ3) is 4.65. The molecule has 1 aliphatic rings. The quantitative estimate of drug-likeness (QED) is 0.312. The first kappa shape index (κ1) is 17.2. The number of nitrogens with one attached hydrogen (secondary N) is 1. The molecule has 0 bridgehead atoms. The van der Waals surface area contributed by atoms with Crippen LogP contribution in [0, 0.1) is 6.92 Å². The minimum Gasteiger partial charge on any atom is -0.481 e. The summed E-state index contributed by atoms with van der Waals surface area (Å²) in [5.74, 6) is -1.45. The molecule has 23 heavy (non-hydrogen) atoms. The Bertz CT molecular complexity index is 692. The number of aryl methyl sites for hydroxylation is 1. The zero-order valence-corrected chi connectivity index (χ0v) is 12.9. The largest absolute Gasteiger partial charge is 0.488 e. The Morgan fingerprint density at radius 2 is 2.22 bits per heavy atom. The van der Waals surface area contributed by atoms with Crippen LogP contribution in [-0.4, -0.2) is 50.8 Å². The van der Waals surface area contributed by atoms with Gasteiger partial charge in [0.2, 0.25) is 5.91 Å². The number of nitrogens with zero attached hydrogens (tertiary/aromatic N) is 2. The summed E-state index contributed by atoms with van der Waals surface area (Å²) >= 11 is 1.02. The maximum absolute atomic E-state index is 11.5. The van der Waals surface area contributed by atoms with E-state index in [0.717, 1.165) is 22.9 Å². The second-order valence-corrected chi connectivity index (χ2v) is 6.02. The Morgan fingerprint density at radius 1 is 1.48 bits per heavy atom. The van der Waals surface area contributed by atoms with Crippen LogP contribution in [0.5, 0.6) is 0 Å². The van der Waals surface area contributed by atoms with Gasteiger partial charge in [0.05, 0.1) is 12.6 Å². The Balaban J connectivity index is 2.04. The average Bonchev–Trinajstić information content (AvgIpc) is 2.80. The molecule has 1 fully saturated rings. The number of carbonyl (C=O) groups is 2. The second-order valence-electron chi connectivity index (χ2n) is 4.83. The molecule has 1 atom stereocenters. The lowest BCUT2D eigenvalue weighted by atomic mass is 9.79. The highest BCUT2D eigenvalue weighted by Crippen LogP contribution is 2.22. The lowest BCUT2D eigenvalue weighted by Gasteiger charge is -2.03. The van der Waals surface area contributed by atoms with Crippen LogP contribution < -0.4 is 10.8 Å². The third-order valence-corrected chi connectivity index (χ3v) is 4.15. The molecule has 1 saturated heterocycles. The molecule has 0 aliphatic carbocycles. The molecule has 0 saturated carbocycles. The molecule has 8 nitrogen and oxygen atoms in total. The van der Waals surface area contributed by atoms with Crippen LogP contribution in [0.3, 0.4) is 0 Å². The molecule has 2 rings (SSSR count). The fraction of sp³-hybridized carbons (Fsp3) is 0.231. The van der Waals surface area contributed by atoms with Crippen molar-refractivity contribution in [1.29, 1.82) is 0 Å². The normalized spacial score (nSPS) is 19.3. The average molecular weight is 335 g/mol. The maximum atomic E-state index is 11.5. The van der Waals surface area contributed by atoms with Gasteiger partial charge in [0, 0.05) is 0 Å². The van der Waals surface area contributed by atoms with E-state index in [1.54, 1.807) is 25.1 Å². The Hall–Kier alpha value is -2.17. The molecule has 4 N–H and O–H groups in total. The van der Waals surface area contributed by atoms with Crippen molar-refractivity contribution in [2.45, 2.75) is 18.6 Å². The number of aliphatic carboxylic acids is 1. The smallest absolute Gasteiger partial charge is 0.481 e. The van der Waals surface area contributed by atoms with Gasteiger partial charge in [-0.2, -0.15) is 5.10 Å². The number of carboxylic acids is 1. The van der Waals surface area contributed by atoms with E-state index in [-0.39, 0.29) is 11.6 Å². The summed E-state index contributed by atoms with van der Waals surface area (Å²) in [4.78, 5) is 22.2. The van der Waals surface area contributed by atoms with E-state index in [4.69, 9.17) is 15.2 Å². The van der Waals surface area contributed by atoms with Crippen LogP contribution in [0.25, 0.3) is 0 Å². The highest BCUT2D eigenvalue weighted by molar-refractivity contribution is 8.15. The Labute approximate surface area is 136 Å². The number of rotatable bonds is 5. The van der Waals surface area contributed by atoms with Crippen molar-refractivity contribution in [3.05, 3.63) is 29.3 Å². The highest BCUT2D eigenvalue weighted by atomic mass is 32.2. The highest BCUT2D eigenvalue weighted by Gasteiger charge is 2.32. The molecule has 1 aromatic rings. The van der Waals surface area contributed by atoms with E-state index in [9.17, 15) is 9.59 Å². The van der Waals surface area contributed by atoms with Crippen molar-refractivity contribution >= 4 is 47.6 Å². The minimum atomic E-state index is -1.53. The summed E-state index contributed by atoms with van der Waals surface area (Å²) in [6, 6.07) is 4.84. The van der Waals surface area contributed by atoms with Gasteiger partial charge in [-0.25, -0.2) is 0 Å². The number of hydrogen-bond donors (Lipinski definition) is 4. The van der Waals surface area contributed by atoms with Gasteiger partial charge in [-0.15, -0.1) is 5.10 Å². The number of carboxylic acid groups (broad SMARTS) is 1. The number of amides is 1. The predicted molar refractivity (Wildman–Crippen MR) is 87.8 cm³/mol. The molecule has 1 aliphatic heterocycles. The van der Waals surface area contributed by atoms with Gasteiger partial charge < -0.3 is 20.5 Å². The molecule has 1 amide bonds. The minimum absolute atomic E-state index is 0.248. The van der Waals surface area contributed by atoms with E-state index in [0.29, 0.717) is 5.46 Å². The summed E-state index contributed by atoms with van der Waals surface area (Å²) in [5.41, 5.74) is 1.89. The predicted octanol–water partition coefficient (Wildman–Crippen LogP) is -0.929. The zero-order chi connectivity index (χ0) is 17.0. The number of amidine groups is 1. The third-order valence-electron chi connectivity index (χ3n) is 3.07. The summed E-state index contributed by atoms with van der Waals surface area (Å²) in [6.45, 7) is 1.79. The van der Waals surface area contributed by atoms with Crippen molar-refractivity contribution < 1.29 is 24.7 Å². The zero-order valence-electron chi connectivity index (χ0n) is 12.1. The van der Waals surface area contributed by atoms with Crippen LogP contribution in [0.2, 0.25) is 0 Å². The van der Waals surface area contributed by atoms with Gasteiger partial charge in [-0.1, -0.05) is 30.0 Å². The molecule has 0 aromatic heterocycles. The van der Waals surface area contributed by atoms with E-state index in [1.807, 2.05) is 0 Å². The summed E-state index contributed by atoms with van der Waals surface area (Å²) in [5, 5.41) is 36.6. The SMILES string of the molecule is Cc1cc(B(O)O)ccc1C=NN=C1NC(=O)C(CC(=O)O)S1. The lowest BCUT2D eigenvalue weighted by molar-refractivity contribution is -0.138. The van der Waals surface area contributed by atoms with Crippen LogP contribution in [0.1, 0.15) is 17.5 Å². The van der Waals surface area contributed by atoms with Crippen LogP contribution >= 0.6 is 11.8 Å². The Kier molecular flexibility index (Phi) is 5.53. The van der Waals surface area contributed by atoms with E-state index in [1.165, 1.54) is 6.21 Å². The van der Waals surface area contributed by atoms with E-state index < -0.39 is 24.2 Å². The number of benzene rings is 1. The topological polar surface area (TPSA) is 132 Å². The molecular weight excluding hydrogens is 321 g/mol. The van der Waals surface area contributed by atoms with Crippen LogP contribution in [0.15, 0.2) is 28.4 Å². The maximum Gasteiger partial charge on any atom is 0.488 e.